The lowest BCUT2D eigenvalue weighted by atomic mass is 10.1. The predicted octanol–water partition coefficient (Wildman–Crippen LogP) is 3.86. The summed E-state index contributed by atoms with van der Waals surface area (Å²) in [5.74, 6) is 0.420. The fraction of sp³-hybridized carbons (Fsp3) is 0.190. The fourth-order valence-electron chi connectivity index (χ4n) is 3.18. The lowest BCUT2D eigenvalue weighted by molar-refractivity contribution is 0.190. The Hall–Kier alpha value is -2.96. The first kappa shape index (κ1) is 18.4. The highest BCUT2D eigenvalue weighted by Gasteiger charge is 2.18. The summed E-state index contributed by atoms with van der Waals surface area (Å²) in [4.78, 5) is 30.7. The van der Waals surface area contributed by atoms with Crippen LogP contribution in [-0.2, 0) is 11.3 Å². The van der Waals surface area contributed by atoms with Gasteiger partial charge >= 0.3 is 0 Å². The van der Waals surface area contributed by atoms with Crippen LogP contribution in [0.3, 0.4) is 0 Å². The van der Waals surface area contributed by atoms with Crippen LogP contribution < -0.4 is 11.0 Å². The van der Waals surface area contributed by atoms with Gasteiger partial charge in [0.15, 0.2) is 5.39 Å². The molecule has 0 saturated carbocycles. The summed E-state index contributed by atoms with van der Waals surface area (Å²) in [6, 6.07) is 13.8. The summed E-state index contributed by atoms with van der Waals surface area (Å²) in [7, 11) is 1.60. The maximum Gasteiger partial charge on any atom is 0.269 e. The van der Waals surface area contributed by atoms with E-state index in [0.717, 1.165) is 0 Å². The molecule has 28 heavy (non-hydrogen) atoms. The first-order chi connectivity index (χ1) is 13.6. The number of halogens is 1. The Balaban J connectivity index is 2.04. The molecule has 2 heterocycles. The Bertz CT molecular complexity index is 1280. The molecule has 0 amide bonds. The van der Waals surface area contributed by atoms with Gasteiger partial charge in [-0.2, -0.15) is 4.98 Å². The van der Waals surface area contributed by atoms with Crippen molar-refractivity contribution in [3.8, 4) is 11.4 Å². The van der Waals surface area contributed by atoms with Crippen molar-refractivity contribution >= 4 is 33.7 Å². The molecule has 0 aliphatic carbocycles. The fourth-order valence-corrected chi connectivity index (χ4v) is 3.30. The van der Waals surface area contributed by atoms with E-state index in [4.69, 9.17) is 20.8 Å². The van der Waals surface area contributed by atoms with Crippen LogP contribution in [0, 0.1) is 0 Å². The summed E-state index contributed by atoms with van der Waals surface area (Å²) < 4.78 is 12.4. The van der Waals surface area contributed by atoms with Crippen molar-refractivity contribution < 1.29 is 9.15 Å². The van der Waals surface area contributed by atoms with Gasteiger partial charge in [0.1, 0.15) is 11.4 Å². The van der Waals surface area contributed by atoms with Gasteiger partial charge in [-0.3, -0.25) is 14.2 Å². The summed E-state index contributed by atoms with van der Waals surface area (Å²) >= 11 is 5.99. The molecule has 0 aliphatic rings. The van der Waals surface area contributed by atoms with Crippen molar-refractivity contribution in [2.45, 2.75) is 13.0 Å². The Morgan fingerprint density at radius 2 is 1.86 bits per heavy atom. The van der Waals surface area contributed by atoms with E-state index >= 15 is 0 Å². The van der Waals surface area contributed by atoms with E-state index < -0.39 is 5.56 Å². The van der Waals surface area contributed by atoms with E-state index in [1.54, 1.807) is 55.6 Å². The van der Waals surface area contributed by atoms with Crippen molar-refractivity contribution in [2.75, 3.05) is 13.7 Å². The lowest BCUT2D eigenvalue weighted by Crippen LogP contribution is -2.28. The number of methoxy groups -OCH3 is 1. The molecule has 0 bridgehead atoms. The number of aromatic nitrogens is 2. The molecule has 0 fully saturated rings. The molecule has 4 aromatic rings. The smallest absolute Gasteiger partial charge is 0.269 e. The zero-order valence-corrected chi connectivity index (χ0v) is 15.9. The highest BCUT2D eigenvalue weighted by Crippen LogP contribution is 2.22. The van der Waals surface area contributed by atoms with Crippen molar-refractivity contribution in [2.24, 2.45) is 0 Å². The second kappa shape index (κ2) is 7.58. The summed E-state index contributed by atoms with van der Waals surface area (Å²) in [5, 5.41) is 0.890. The van der Waals surface area contributed by atoms with Gasteiger partial charge in [-0.05, 0) is 42.8 Å². The van der Waals surface area contributed by atoms with E-state index in [0.29, 0.717) is 47.0 Å². The van der Waals surface area contributed by atoms with Crippen molar-refractivity contribution in [3.63, 3.8) is 0 Å². The number of hydrogen-bond acceptors (Lipinski definition) is 5. The number of hydrogen-bond donors (Lipinski definition) is 0. The van der Waals surface area contributed by atoms with Crippen molar-refractivity contribution in [3.05, 3.63) is 74.1 Å². The van der Waals surface area contributed by atoms with E-state index in [-0.39, 0.29) is 16.5 Å². The van der Waals surface area contributed by atoms with Crippen LogP contribution in [0.15, 0.2) is 62.5 Å². The Morgan fingerprint density at radius 1 is 1.11 bits per heavy atom. The number of nitrogens with zero attached hydrogens (tertiary/aromatic N) is 2. The third-order valence-electron chi connectivity index (χ3n) is 4.53. The molecule has 4 rings (SSSR count). The first-order valence-electron chi connectivity index (χ1n) is 8.81. The highest BCUT2D eigenvalue weighted by atomic mass is 35.5. The van der Waals surface area contributed by atoms with Crippen LogP contribution >= 0.6 is 11.6 Å². The van der Waals surface area contributed by atoms with E-state index in [2.05, 4.69) is 4.98 Å². The molecular formula is C21H17ClN2O4. The molecule has 2 aromatic carbocycles. The average molecular weight is 397 g/mol. The quantitative estimate of drug-likeness (QED) is 0.378. The van der Waals surface area contributed by atoms with Gasteiger partial charge in [-0.25, -0.2) is 0 Å². The summed E-state index contributed by atoms with van der Waals surface area (Å²) in [5.41, 5.74) is 0.326. The van der Waals surface area contributed by atoms with Crippen LogP contribution in [0.2, 0.25) is 5.02 Å². The Morgan fingerprint density at radius 3 is 2.61 bits per heavy atom. The van der Waals surface area contributed by atoms with Gasteiger partial charge in [0, 0.05) is 30.8 Å². The van der Waals surface area contributed by atoms with Crippen molar-refractivity contribution in [1.82, 2.24) is 9.55 Å². The molecule has 0 radical (unpaired) electrons. The molecule has 2 aromatic heterocycles. The Labute approximate surface area is 165 Å². The van der Waals surface area contributed by atoms with Gasteiger partial charge in [-0.1, -0.05) is 23.7 Å². The number of para-hydroxylation sites is 1. The first-order valence-corrected chi connectivity index (χ1v) is 9.19. The average Bonchev–Trinajstić information content (AvgIpc) is 2.70. The molecule has 0 N–H and O–H groups in total. The maximum absolute atomic E-state index is 13.2. The monoisotopic (exact) mass is 396 g/mol. The summed E-state index contributed by atoms with van der Waals surface area (Å²) in [6.45, 7) is 0.844. The Kier molecular flexibility index (Phi) is 4.98. The topological polar surface area (TPSA) is 74.3 Å². The van der Waals surface area contributed by atoms with E-state index in [1.807, 2.05) is 0 Å². The van der Waals surface area contributed by atoms with Gasteiger partial charge in [0.25, 0.3) is 5.56 Å². The zero-order valence-electron chi connectivity index (χ0n) is 15.1. The normalized spacial score (nSPS) is 11.4. The van der Waals surface area contributed by atoms with Crippen molar-refractivity contribution in [1.29, 1.82) is 0 Å². The molecule has 7 heteroatoms. The van der Waals surface area contributed by atoms with Crippen LogP contribution in [0.25, 0.3) is 33.5 Å². The molecule has 142 valence electrons. The molecule has 0 saturated heterocycles. The second-order valence-corrected chi connectivity index (χ2v) is 6.79. The molecule has 0 unspecified atom stereocenters. The molecule has 0 spiro atoms. The molecular weight excluding hydrogens is 380 g/mol. The van der Waals surface area contributed by atoms with Crippen LogP contribution in [0.1, 0.15) is 6.42 Å². The number of ether oxygens (including phenoxy) is 1. The van der Waals surface area contributed by atoms with E-state index in [1.165, 1.54) is 4.57 Å². The van der Waals surface area contributed by atoms with Gasteiger partial charge in [-0.15, -0.1) is 0 Å². The third kappa shape index (κ3) is 3.21. The third-order valence-corrected chi connectivity index (χ3v) is 4.79. The SMILES string of the molecule is COCCCn1c(-c2ccc(Cl)cc2)nc2oc3ccccc3c(=O)c2c1=O. The van der Waals surface area contributed by atoms with Gasteiger partial charge in [0.2, 0.25) is 11.1 Å². The van der Waals surface area contributed by atoms with Crippen LogP contribution in [0.4, 0.5) is 0 Å². The molecule has 0 atom stereocenters. The minimum Gasteiger partial charge on any atom is -0.437 e. The second-order valence-electron chi connectivity index (χ2n) is 6.35. The minimum absolute atomic E-state index is 0.0293. The standard InChI is InChI=1S/C21H17ClN2O4/c1-27-12-4-11-24-19(13-7-9-14(22)10-8-13)23-20-17(21(24)26)18(25)15-5-2-3-6-16(15)28-20/h2-3,5-10H,4,11-12H2,1H3. The van der Waals surface area contributed by atoms with Gasteiger partial charge < -0.3 is 9.15 Å². The number of fused-ring (bicyclic) bond motifs is 2. The van der Waals surface area contributed by atoms with Crippen LogP contribution in [0.5, 0.6) is 0 Å². The highest BCUT2D eigenvalue weighted by molar-refractivity contribution is 6.30. The predicted molar refractivity (Wildman–Crippen MR) is 109 cm³/mol. The minimum atomic E-state index is -0.425. The molecule has 6 nitrogen and oxygen atoms in total. The van der Waals surface area contributed by atoms with E-state index in [9.17, 15) is 9.59 Å². The van der Waals surface area contributed by atoms with Crippen LogP contribution in [-0.4, -0.2) is 23.3 Å². The van der Waals surface area contributed by atoms with Gasteiger partial charge in [0.05, 0.1) is 5.39 Å². The largest absolute Gasteiger partial charge is 0.437 e. The summed E-state index contributed by atoms with van der Waals surface area (Å²) in [6.07, 6.45) is 0.600. The number of rotatable bonds is 5. The maximum atomic E-state index is 13.2. The number of benzene rings is 2. The zero-order chi connectivity index (χ0) is 19.7. The molecule has 0 aliphatic heterocycles. The lowest BCUT2D eigenvalue weighted by Gasteiger charge is -2.13.